The number of nitrogens with zero attached hydrogens (tertiary/aromatic N) is 3. The van der Waals surface area contributed by atoms with Gasteiger partial charge in [0.1, 0.15) is 6.54 Å². The van der Waals surface area contributed by atoms with Crippen LogP contribution in [0.2, 0.25) is 0 Å². The number of rotatable bonds is 2. The van der Waals surface area contributed by atoms with E-state index in [1.807, 2.05) is 0 Å². The van der Waals surface area contributed by atoms with Crippen molar-refractivity contribution in [3.63, 3.8) is 0 Å². The van der Waals surface area contributed by atoms with Crippen LogP contribution in [-0.4, -0.2) is 26.1 Å². The summed E-state index contributed by atoms with van der Waals surface area (Å²) in [5.41, 5.74) is 0.715. The molecule has 0 saturated heterocycles. The van der Waals surface area contributed by atoms with Gasteiger partial charge < -0.3 is 5.11 Å². The topological polar surface area (TPSA) is 68.0 Å². The lowest BCUT2D eigenvalue weighted by molar-refractivity contribution is -0.137. The van der Waals surface area contributed by atoms with E-state index in [4.69, 9.17) is 5.11 Å². The fourth-order valence-electron chi connectivity index (χ4n) is 0.618. The Kier molecular flexibility index (Phi) is 2.23. The quantitative estimate of drug-likeness (QED) is 0.784. The lowest BCUT2D eigenvalue weighted by Crippen LogP contribution is -2.11. The van der Waals surface area contributed by atoms with Gasteiger partial charge in [0.15, 0.2) is 4.60 Å². The Morgan fingerprint density at radius 2 is 2.45 bits per heavy atom. The predicted octanol–water partition coefficient (Wildman–Crippen LogP) is 0.434. The number of halogens is 1. The lowest BCUT2D eigenvalue weighted by Gasteiger charge is -1.95. The van der Waals surface area contributed by atoms with E-state index in [2.05, 4.69) is 26.2 Å². The van der Waals surface area contributed by atoms with E-state index in [1.54, 1.807) is 6.92 Å². The fourth-order valence-corrected chi connectivity index (χ4v) is 0.893. The van der Waals surface area contributed by atoms with Crippen LogP contribution < -0.4 is 0 Å². The van der Waals surface area contributed by atoms with Crippen molar-refractivity contribution in [1.29, 1.82) is 0 Å². The average molecular weight is 220 g/mol. The van der Waals surface area contributed by atoms with E-state index in [1.165, 1.54) is 4.68 Å². The molecule has 5 nitrogen and oxygen atoms in total. The molecule has 0 spiro atoms. The van der Waals surface area contributed by atoms with E-state index in [9.17, 15) is 4.79 Å². The van der Waals surface area contributed by atoms with Crippen LogP contribution in [0.3, 0.4) is 0 Å². The van der Waals surface area contributed by atoms with Crippen LogP contribution in [0.1, 0.15) is 5.69 Å². The van der Waals surface area contributed by atoms with Gasteiger partial charge in [0.25, 0.3) is 0 Å². The van der Waals surface area contributed by atoms with Crippen LogP contribution >= 0.6 is 15.9 Å². The first-order valence-electron chi connectivity index (χ1n) is 2.88. The summed E-state index contributed by atoms with van der Waals surface area (Å²) in [6.45, 7) is 1.59. The van der Waals surface area contributed by atoms with E-state index < -0.39 is 5.97 Å². The molecule has 0 saturated carbocycles. The largest absolute Gasteiger partial charge is 0.480 e. The Morgan fingerprint density at radius 1 is 1.82 bits per heavy atom. The maximum atomic E-state index is 10.2. The second kappa shape index (κ2) is 3.00. The van der Waals surface area contributed by atoms with Gasteiger partial charge in [-0.25, -0.2) is 4.68 Å². The minimum absolute atomic E-state index is 0.148. The van der Waals surface area contributed by atoms with Crippen molar-refractivity contribution in [1.82, 2.24) is 15.0 Å². The summed E-state index contributed by atoms with van der Waals surface area (Å²) < 4.78 is 1.89. The standard InChI is InChI=1S/C5H6BrN3O2/c1-3-5(6)7-8-9(3)2-4(10)11/h2H2,1H3,(H,10,11). The van der Waals surface area contributed by atoms with Crippen molar-refractivity contribution < 1.29 is 9.90 Å². The molecule has 0 fully saturated rings. The van der Waals surface area contributed by atoms with E-state index in [0.29, 0.717) is 10.3 Å². The zero-order valence-electron chi connectivity index (χ0n) is 5.78. The molecule has 0 amide bonds. The van der Waals surface area contributed by atoms with Crippen LogP contribution in [0.5, 0.6) is 0 Å². The molecule has 1 N–H and O–H groups in total. The zero-order valence-corrected chi connectivity index (χ0v) is 7.37. The monoisotopic (exact) mass is 219 g/mol. The second-order valence-electron chi connectivity index (χ2n) is 2.02. The molecule has 0 aromatic carbocycles. The fraction of sp³-hybridized carbons (Fsp3) is 0.400. The Bertz CT molecular complexity index is 283. The van der Waals surface area contributed by atoms with Gasteiger partial charge in [0.05, 0.1) is 5.69 Å². The maximum Gasteiger partial charge on any atom is 0.325 e. The van der Waals surface area contributed by atoms with Gasteiger partial charge in [-0.15, -0.1) is 5.10 Å². The Morgan fingerprint density at radius 3 is 2.82 bits per heavy atom. The van der Waals surface area contributed by atoms with Crippen LogP contribution in [0, 0.1) is 6.92 Å². The number of hydrogen-bond donors (Lipinski definition) is 1. The highest BCUT2D eigenvalue weighted by atomic mass is 79.9. The van der Waals surface area contributed by atoms with Crippen LogP contribution in [-0.2, 0) is 11.3 Å². The molecule has 1 heterocycles. The summed E-state index contributed by atoms with van der Waals surface area (Å²) in [4.78, 5) is 10.2. The third-order valence-electron chi connectivity index (χ3n) is 1.21. The van der Waals surface area contributed by atoms with Crippen LogP contribution in [0.15, 0.2) is 4.60 Å². The zero-order chi connectivity index (χ0) is 8.43. The third kappa shape index (κ3) is 1.76. The number of hydrogen-bond acceptors (Lipinski definition) is 3. The van der Waals surface area contributed by atoms with Crippen molar-refractivity contribution in [2.45, 2.75) is 13.5 Å². The van der Waals surface area contributed by atoms with Crippen molar-refractivity contribution in [2.24, 2.45) is 0 Å². The summed E-state index contributed by atoms with van der Waals surface area (Å²) in [5.74, 6) is -0.925. The van der Waals surface area contributed by atoms with E-state index >= 15 is 0 Å². The van der Waals surface area contributed by atoms with Gasteiger partial charge in [0.2, 0.25) is 0 Å². The third-order valence-corrected chi connectivity index (χ3v) is 1.94. The van der Waals surface area contributed by atoms with Crippen LogP contribution in [0.4, 0.5) is 0 Å². The average Bonchev–Trinajstić information content (AvgIpc) is 2.18. The van der Waals surface area contributed by atoms with Gasteiger partial charge in [-0.2, -0.15) is 0 Å². The predicted molar refractivity (Wildman–Crippen MR) is 40.1 cm³/mol. The number of aliphatic carboxylic acids is 1. The SMILES string of the molecule is Cc1c(Br)nnn1CC(=O)O. The molecule has 1 aromatic heterocycles. The first-order chi connectivity index (χ1) is 5.11. The summed E-state index contributed by atoms with van der Waals surface area (Å²) in [5, 5.41) is 15.6. The molecule has 11 heavy (non-hydrogen) atoms. The first-order valence-corrected chi connectivity index (χ1v) is 3.68. The highest BCUT2D eigenvalue weighted by molar-refractivity contribution is 9.10. The molecule has 60 valence electrons. The normalized spacial score (nSPS) is 10.0. The number of carbonyl (C=O) groups is 1. The molecule has 0 bridgehead atoms. The molecule has 0 radical (unpaired) electrons. The molecule has 1 rings (SSSR count). The summed E-state index contributed by atoms with van der Waals surface area (Å²) in [6, 6.07) is 0. The summed E-state index contributed by atoms with van der Waals surface area (Å²) >= 11 is 3.12. The molecule has 1 aromatic rings. The van der Waals surface area contributed by atoms with Crippen molar-refractivity contribution in [3.05, 3.63) is 10.3 Å². The Balaban J connectivity index is 2.87. The Hall–Kier alpha value is -0.910. The van der Waals surface area contributed by atoms with Gasteiger partial charge in [-0.05, 0) is 22.9 Å². The van der Waals surface area contributed by atoms with Crippen LogP contribution in [0.25, 0.3) is 0 Å². The van der Waals surface area contributed by atoms with Gasteiger partial charge in [-0.1, -0.05) is 5.21 Å². The molecule has 6 heteroatoms. The molecular weight excluding hydrogens is 214 g/mol. The lowest BCUT2D eigenvalue weighted by atomic mass is 10.5. The first kappa shape index (κ1) is 8.19. The minimum atomic E-state index is -0.925. The van der Waals surface area contributed by atoms with Crippen molar-refractivity contribution in [3.8, 4) is 0 Å². The molecule has 0 aliphatic rings. The molecule has 0 unspecified atom stereocenters. The maximum absolute atomic E-state index is 10.2. The van der Waals surface area contributed by atoms with Gasteiger partial charge in [0, 0.05) is 0 Å². The summed E-state index contributed by atoms with van der Waals surface area (Å²) in [7, 11) is 0. The van der Waals surface area contributed by atoms with E-state index in [-0.39, 0.29) is 6.54 Å². The Labute approximate surface area is 71.1 Å². The highest BCUT2D eigenvalue weighted by Crippen LogP contribution is 2.09. The number of carboxylic acids is 1. The second-order valence-corrected chi connectivity index (χ2v) is 2.77. The number of carboxylic acid groups (broad SMARTS) is 1. The summed E-state index contributed by atoms with van der Waals surface area (Å²) in [6.07, 6.45) is 0. The van der Waals surface area contributed by atoms with E-state index in [0.717, 1.165) is 0 Å². The molecule has 0 aliphatic carbocycles. The molecular formula is C5H6BrN3O2. The van der Waals surface area contributed by atoms with Crippen molar-refractivity contribution in [2.75, 3.05) is 0 Å². The molecule has 0 atom stereocenters. The smallest absolute Gasteiger partial charge is 0.325 e. The van der Waals surface area contributed by atoms with Gasteiger partial charge >= 0.3 is 5.97 Å². The number of aromatic nitrogens is 3. The molecule has 0 aliphatic heterocycles. The van der Waals surface area contributed by atoms with Gasteiger partial charge in [-0.3, -0.25) is 4.79 Å². The minimum Gasteiger partial charge on any atom is -0.480 e. The van der Waals surface area contributed by atoms with Crippen molar-refractivity contribution >= 4 is 21.9 Å². The highest BCUT2D eigenvalue weighted by Gasteiger charge is 2.07.